The van der Waals surface area contributed by atoms with Crippen molar-refractivity contribution in [1.29, 1.82) is 0 Å². The molecule has 21 heavy (non-hydrogen) atoms. The second-order valence-corrected chi connectivity index (χ2v) is 8.11. The predicted molar refractivity (Wildman–Crippen MR) is 86.4 cm³/mol. The maximum absolute atomic E-state index is 4.88. The van der Waals surface area contributed by atoms with E-state index in [1.807, 2.05) is 0 Å². The SMILES string of the molecule is CC(C)CNCC1CCc2nc(C3CC3(C)C)ncc2C1. The Bertz CT molecular complexity index is 507. The summed E-state index contributed by atoms with van der Waals surface area (Å²) in [6.07, 6.45) is 6.90. The standard InChI is InChI=1S/C18H29N3/c1-12(2)9-19-10-13-5-6-16-14(7-13)11-20-17(21-16)15-8-18(15,3)4/h11-13,15,19H,5-10H2,1-4H3. The highest BCUT2D eigenvalue weighted by molar-refractivity contribution is 5.25. The van der Waals surface area contributed by atoms with Crippen LogP contribution in [0, 0.1) is 17.3 Å². The highest BCUT2D eigenvalue weighted by Crippen LogP contribution is 2.57. The maximum Gasteiger partial charge on any atom is 0.132 e. The first-order valence-electron chi connectivity index (χ1n) is 8.51. The van der Waals surface area contributed by atoms with E-state index in [4.69, 9.17) is 4.98 Å². The smallest absolute Gasteiger partial charge is 0.132 e. The minimum Gasteiger partial charge on any atom is -0.316 e. The van der Waals surface area contributed by atoms with E-state index in [0.717, 1.165) is 43.6 Å². The van der Waals surface area contributed by atoms with Crippen LogP contribution in [-0.2, 0) is 12.8 Å². The fraction of sp³-hybridized carbons (Fsp3) is 0.778. The topological polar surface area (TPSA) is 37.8 Å². The minimum absolute atomic E-state index is 0.423. The zero-order chi connectivity index (χ0) is 15.0. The van der Waals surface area contributed by atoms with E-state index in [1.54, 1.807) is 0 Å². The molecule has 1 aromatic rings. The molecule has 2 atom stereocenters. The van der Waals surface area contributed by atoms with Gasteiger partial charge in [-0.2, -0.15) is 0 Å². The number of hydrogen-bond donors (Lipinski definition) is 1. The molecule has 0 amide bonds. The summed E-state index contributed by atoms with van der Waals surface area (Å²) in [5, 5.41) is 3.59. The van der Waals surface area contributed by atoms with Crippen LogP contribution in [0.5, 0.6) is 0 Å². The molecule has 0 saturated heterocycles. The molecule has 1 saturated carbocycles. The minimum atomic E-state index is 0.423. The van der Waals surface area contributed by atoms with Gasteiger partial charge in [-0.25, -0.2) is 9.97 Å². The first kappa shape index (κ1) is 15.0. The molecule has 0 spiro atoms. The van der Waals surface area contributed by atoms with Gasteiger partial charge in [0.05, 0.1) is 0 Å². The van der Waals surface area contributed by atoms with E-state index >= 15 is 0 Å². The Balaban J connectivity index is 1.60. The van der Waals surface area contributed by atoms with Gasteiger partial charge in [0.1, 0.15) is 5.82 Å². The normalized spacial score (nSPS) is 26.7. The van der Waals surface area contributed by atoms with Crippen molar-refractivity contribution in [2.45, 2.75) is 59.3 Å². The van der Waals surface area contributed by atoms with Crippen molar-refractivity contribution in [2.24, 2.45) is 17.3 Å². The molecular weight excluding hydrogens is 258 g/mol. The van der Waals surface area contributed by atoms with Crippen LogP contribution in [-0.4, -0.2) is 23.1 Å². The van der Waals surface area contributed by atoms with Crippen LogP contribution in [0.3, 0.4) is 0 Å². The number of fused-ring (bicyclic) bond motifs is 1. The summed E-state index contributed by atoms with van der Waals surface area (Å²) < 4.78 is 0. The van der Waals surface area contributed by atoms with Crippen molar-refractivity contribution in [1.82, 2.24) is 15.3 Å². The molecule has 1 aromatic heterocycles. The Morgan fingerprint density at radius 3 is 2.81 bits per heavy atom. The predicted octanol–water partition coefficient (Wildman–Crippen LogP) is 3.34. The Labute approximate surface area is 129 Å². The highest BCUT2D eigenvalue weighted by Gasteiger charge is 2.48. The second-order valence-electron chi connectivity index (χ2n) is 8.11. The molecule has 1 N–H and O–H groups in total. The van der Waals surface area contributed by atoms with Crippen molar-refractivity contribution >= 4 is 0 Å². The third-order valence-corrected chi connectivity index (χ3v) is 5.08. The Morgan fingerprint density at radius 2 is 2.14 bits per heavy atom. The Morgan fingerprint density at radius 1 is 1.38 bits per heavy atom. The number of rotatable bonds is 5. The molecule has 3 rings (SSSR count). The summed E-state index contributed by atoms with van der Waals surface area (Å²) >= 11 is 0. The second kappa shape index (κ2) is 5.68. The van der Waals surface area contributed by atoms with Gasteiger partial charge >= 0.3 is 0 Å². The molecule has 116 valence electrons. The van der Waals surface area contributed by atoms with Crippen molar-refractivity contribution in [3.05, 3.63) is 23.3 Å². The van der Waals surface area contributed by atoms with Crippen molar-refractivity contribution in [2.75, 3.05) is 13.1 Å². The third kappa shape index (κ3) is 3.45. The third-order valence-electron chi connectivity index (χ3n) is 5.08. The molecule has 2 unspecified atom stereocenters. The molecule has 1 fully saturated rings. The van der Waals surface area contributed by atoms with Crippen molar-refractivity contribution in [3.63, 3.8) is 0 Å². The van der Waals surface area contributed by atoms with Gasteiger partial charge in [-0.1, -0.05) is 27.7 Å². The molecule has 3 heteroatoms. The van der Waals surface area contributed by atoms with E-state index in [1.165, 1.54) is 24.1 Å². The number of aryl methyl sites for hydroxylation is 1. The summed E-state index contributed by atoms with van der Waals surface area (Å²) in [5.74, 6) is 3.17. The van der Waals surface area contributed by atoms with E-state index < -0.39 is 0 Å². The lowest BCUT2D eigenvalue weighted by atomic mass is 9.87. The van der Waals surface area contributed by atoms with Gasteiger partial charge in [-0.15, -0.1) is 0 Å². The van der Waals surface area contributed by atoms with Crippen LogP contribution in [0.1, 0.15) is 63.5 Å². The van der Waals surface area contributed by atoms with Gasteiger partial charge in [0.25, 0.3) is 0 Å². The zero-order valence-electron chi connectivity index (χ0n) is 13.9. The lowest BCUT2D eigenvalue weighted by Crippen LogP contribution is -2.30. The molecule has 0 radical (unpaired) electrons. The van der Waals surface area contributed by atoms with Gasteiger partial charge in [-0.05, 0) is 61.6 Å². The Hall–Kier alpha value is -0.960. The van der Waals surface area contributed by atoms with Crippen LogP contribution in [0.15, 0.2) is 6.20 Å². The highest BCUT2D eigenvalue weighted by atomic mass is 14.9. The van der Waals surface area contributed by atoms with E-state index in [2.05, 4.69) is 44.2 Å². The van der Waals surface area contributed by atoms with E-state index in [-0.39, 0.29) is 0 Å². The average molecular weight is 287 g/mol. The first-order chi connectivity index (χ1) is 9.95. The van der Waals surface area contributed by atoms with Crippen LogP contribution in [0.2, 0.25) is 0 Å². The number of aromatic nitrogens is 2. The molecule has 2 aliphatic rings. The molecule has 3 nitrogen and oxygen atoms in total. The van der Waals surface area contributed by atoms with Crippen molar-refractivity contribution in [3.8, 4) is 0 Å². The molecule has 2 aliphatic carbocycles. The number of hydrogen-bond acceptors (Lipinski definition) is 3. The van der Waals surface area contributed by atoms with Crippen molar-refractivity contribution < 1.29 is 0 Å². The van der Waals surface area contributed by atoms with Gasteiger partial charge in [0.15, 0.2) is 0 Å². The Kier molecular flexibility index (Phi) is 4.04. The largest absolute Gasteiger partial charge is 0.316 e. The average Bonchev–Trinajstić information content (AvgIpc) is 3.07. The quantitative estimate of drug-likeness (QED) is 0.902. The summed E-state index contributed by atoms with van der Waals surface area (Å²) in [7, 11) is 0. The lowest BCUT2D eigenvalue weighted by Gasteiger charge is -2.24. The molecule has 0 bridgehead atoms. The number of nitrogens with one attached hydrogen (secondary N) is 1. The van der Waals surface area contributed by atoms with Gasteiger partial charge in [0, 0.05) is 17.8 Å². The molecular formula is C18H29N3. The van der Waals surface area contributed by atoms with E-state index in [9.17, 15) is 0 Å². The summed E-state index contributed by atoms with van der Waals surface area (Å²) in [6.45, 7) is 11.4. The number of nitrogens with zero attached hydrogens (tertiary/aromatic N) is 2. The zero-order valence-corrected chi connectivity index (χ0v) is 13.9. The van der Waals surface area contributed by atoms with E-state index in [0.29, 0.717) is 11.3 Å². The van der Waals surface area contributed by atoms with Crippen LogP contribution < -0.4 is 5.32 Å². The van der Waals surface area contributed by atoms with Gasteiger partial charge < -0.3 is 5.32 Å². The summed E-state index contributed by atoms with van der Waals surface area (Å²) in [5.41, 5.74) is 3.13. The maximum atomic E-state index is 4.88. The first-order valence-corrected chi connectivity index (χ1v) is 8.51. The van der Waals surface area contributed by atoms with Gasteiger partial charge in [0.2, 0.25) is 0 Å². The van der Waals surface area contributed by atoms with Crippen LogP contribution in [0.4, 0.5) is 0 Å². The fourth-order valence-electron chi connectivity index (χ4n) is 3.42. The summed E-state index contributed by atoms with van der Waals surface area (Å²) in [4.78, 5) is 9.54. The van der Waals surface area contributed by atoms with Crippen LogP contribution in [0.25, 0.3) is 0 Å². The van der Waals surface area contributed by atoms with Crippen LogP contribution >= 0.6 is 0 Å². The fourth-order valence-corrected chi connectivity index (χ4v) is 3.42. The molecule has 1 heterocycles. The molecule has 0 aliphatic heterocycles. The summed E-state index contributed by atoms with van der Waals surface area (Å²) in [6, 6.07) is 0. The van der Waals surface area contributed by atoms with Gasteiger partial charge in [-0.3, -0.25) is 0 Å². The monoisotopic (exact) mass is 287 g/mol. The lowest BCUT2D eigenvalue weighted by molar-refractivity contribution is 0.404. The molecule has 0 aromatic carbocycles.